The van der Waals surface area contributed by atoms with Gasteiger partial charge < -0.3 is 15.5 Å². The highest BCUT2D eigenvalue weighted by molar-refractivity contribution is 14.0. The Labute approximate surface area is 192 Å². The summed E-state index contributed by atoms with van der Waals surface area (Å²) >= 11 is 1.77. The molecule has 0 aliphatic carbocycles. The van der Waals surface area contributed by atoms with Crippen LogP contribution in [-0.4, -0.2) is 42.9 Å². The molecule has 1 aliphatic rings. The molecule has 0 radical (unpaired) electrons. The first-order valence-electron chi connectivity index (χ1n) is 9.76. The molecule has 8 heteroatoms. The Hall–Kier alpha value is -1.68. The molecule has 0 saturated heterocycles. The maximum atomic E-state index is 13.7. The topological polar surface area (TPSA) is 56.7 Å². The summed E-state index contributed by atoms with van der Waals surface area (Å²) in [7, 11) is 0. The lowest BCUT2D eigenvalue weighted by Crippen LogP contribution is -2.39. The summed E-state index contributed by atoms with van der Waals surface area (Å²) < 4.78 is 13.7. The zero-order valence-corrected chi connectivity index (χ0v) is 19.8. The van der Waals surface area contributed by atoms with Gasteiger partial charge in [0.1, 0.15) is 5.82 Å². The van der Waals surface area contributed by atoms with Crippen molar-refractivity contribution in [3.05, 3.63) is 57.5 Å². The van der Waals surface area contributed by atoms with Crippen LogP contribution in [0.4, 0.5) is 4.39 Å². The SMILES string of the molecule is CCNC(=NCCC(=O)N1CCc2sccc2C1)NCCc1ccccc1F.I. The molecule has 1 aromatic heterocycles. The molecule has 0 unspecified atom stereocenters. The maximum Gasteiger partial charge on any atom is 0.224 e. The standard InChI is InChI=1S/C21H27FN4OS.HI/c1-2-23-21(24-11-7-16-5-3-4-6-18(16)22)25-12-8-20(27)26-13-9-19-17(15-26)10-14-28-19;/h3-6,10,14H,2,7-9,11-13,15H2,1H3,(H2,23,24,25);1H. The number of aliphatic imine (C=N–C) groups is 1. The first kappa shape index (κ1) is 23.6. The Morgan fingerprint density at radius 3 is 2.90 bits per heavy atom. The van der Waals surface area contributed by atoms with Crippen LogP contribution in [0.15, 0.2) is 40.7 Å². The number of carbonyl (C=O) groups is 1. The Morgan fingerprint density at radius 2 is 2.10 bits per heavy atom. The van der Waals surface area contributed by atoms with E-state index >= 15 is 0 Å². The number of hydrogen-bond acceptors (Lipinski definition) is 3. The van der Waals surface area contributed by atoms with Crippen LogP contribution in [0.3, 0.4) is 0 Å². The van der Waals surface area contributed by atoms with Gasteiger partial charge in [0.2, 0.25) is 5.91 Å². The molecule has 2 aromatic rings. The second-order valence-electron chi connectivity index (χ2n) is 6.71. The third kappa shape index (κ3) is 6.95. The third-order valence-electron chi connectivity index (χ3n) is 4.74. The molecule has 0 bridgehead atoms. The Bertz CT molecular complexity index is 827. The fraction of sp³-hybridized carbons (Fsp3) is 0.429. The molecule has 3 rings (SSSR count). The van der Waals surface area contributed by atoms with Gasteiger partial charge in [-0.25, -0.2) is 4.39 Å². The summed E-state index contributed by atoms with van der Waals surface area (Å²) in [5.41, 5.74) is 1.95. The molecule has 2 heterocycles. The van der Waals surface area contributed by atoms with Crippen LogP contribution in [0.25, 0.3) is 0 Å². The van der Waals surface area contributed by atoms with Crippen molar-refractivity contribution < 1.29 is 9.18 Å². The molecule has 0 fully saturated rings. The minimum Gasteiger partial charge on any atom is -0.357 e. The number of rotatable bonds is 7. The van der Waals surface area contributed by atoms with Crippen molar-refractivity contribution in [3.8, 4) is 0 Å². The van der Waals surface area contributed by atoms with Gasteiger partial charge in [0.05, 0.1) is 6.54 Å². The summed E-state index contributed by atoms with van der Waals surface area (Å²) in [5.74, 6) is 0.611. The van der Waals surface area contributed by atoms with Crippen LogP contribution in [0.5, 0.6) is 0 Å². The lowest BCUT2D eigenvalue weighted by Gasteiger charge is -2.26. The number of halogens is 2. The fourth-order valence-electron chi connectivity index (χ4n) is 3.24. The minimum absolute atomic E-state index is 0. The monoisotopic (exact) mass is 530 g/mol. The first-order valence-corrected chi connectivity index (χ1v) is 10.6. The van der Waals surface area contributed by atoms with Gasteiger partial charge in [0.15, 0.2) is 5.96 Å². The summed E-state index contributed by atoms with van der Waals surface area (Å²) in [5, 5.41) is 8.47. The molecule has 0 atom stereocenters. The largest absolute Gasteiger partial charge is 0.357 e. The lowest BCUT2D eigenvalue weighted by molar-refractivity contribution is -0.131. The summed E-state index contributed by atoms with van der Waals surface area (Å²) in [6.07, 6.45) is 1.92. The highest BCUT2D eigenvalue weighted by atomic mass is 127. The lowest BCUT2D eigenvalue weighted by atomic mass is 10.1. The van der Waals surface area contributed by atoms with Gasteiger partial charge in [-0.15, -0.1) is 35.3 Å². The van der Waals surface area contributed by atoms with Crippen molar-refractivity contribution in [1.29, 1.82) is 0 Å². The van der Waals surface area contributed by atoms with Crippen molar-refractivity contribution in [1.82, 2.24) is 15.5 Å². The molecule has 29 heavy (non-hydrogen) atoms. The van der Waals surface area contributed by atoms with E-state index in [0.29, 0.717) is 44.0 Å². The highest BCUT2D eigenvalue weighted by Gasteiger charge is 2.20. The van der Waals surface area contributed by atoms with E-state index in [4.69, 9.17) is 0 Å². The van der Waals surface area contributed by atoms with Gasteiger partial charge in [-0.3, -0.25) is 9.79 Å². The Kier molecular flexibility index (Phi) is 9.86. The molecular formula is C21H28FIN4OS. The highest BCUT2D eigenvalue weighted by Crippen LogP contribution is 2.24. The van der Waals surface area contributed by atoms with Crippen LogP contribution in [0.1, 0.15) is 29.3 Å². The van der Waals surface area contributed by atoms with Crippen molar-refractivity contribution in [2.24, 2.45) is 4.99 Å². The normalized spacial score (nSPS) is 13.4. The van der Waals surface area contributed by atoms with Gasteiger partial charge >= 0.3 is 0 Å². The fourth-order valence-corrected chi connectivity index (χ4v) is 4.13. The second kappa shape index (κ2) is 12.1. The minimum atomic E-state index is -0.188. The summed E-state index contributed by atoms with van der Waals surface area (Å²) in [4.78, 5) is 20.3. The molecule has 2 N–H and O–H groups in total. The van der Waals surface area contributed by atoms with E-state index in [-0.39, 0.29) is 35.7 Å². The number of hydrogen-bond donors (Lipinski definition) is 2. The quantitative estimate of drug-likeness (QED) is 0.327. The number of carbonyl (C=O) groups excluding carboxylic acids is 1. The van der Waals surface area contributed by atoms with Gasteiger partial charge in [0.25, 0.3) is 0 Å². The third-order valence-corrected chi connectivity index (χ3v) is 5.77. The molecule has 1 aromatic carbocycles. The van der Waals surface area contributed by atoms with E-state index in [0.717, 1.165) is 19.5 Å². The van der Waals surface area contributed by atoms with Crippen LogP contribution in [0, 0.1) is 5.82 Å². The Morgan fingerprint density at radius 1 is 1.28 bits per heavy atom. The predicted octanol–water partition coefficient (Wildman–Crippen LogP) is 3.58. The zero-order valence-electron chi connectivity index (χ0n) is 16.6. The van der Waals surface area contributed by atoms with E-state index in [9.17, 15) is 9.18 Å². The first-order chi connectivity index (χ1) is 13.7. The Balaban J connectivity index is 0.00000300. The van der Waals surface area contributed by atoms with Gasteiger partial charge in [-0.2, -0.15) is 0 Å². The number of amides is 1. The van der Waals surface area contributed by atoms with Crippen molar-refractivity contribution >= 4 is 47.2 Å². The average molecular weight is 530 g/mol. The molecule has 0 spiro atoms. The van der Waals surface area contributed by atoms with E-state index < -0.39 is 0 Å². The summed E-state index contributed by atoms with van der Waals surface area (Å²) in [6.45, 7) is 5.23. The van der Waals surface area contributed by atoms with E-state index in [1.54, 1.807) is 23.5 Å². The number of guanidine groups is 1. The zero-order chi connectivity index (χ0) is 19.8. The molecule has 0 saturated carbocycles. The number of thiophene rings is 1. The van der Waals surface area contributed by atoms with Crippen LogP contribution in [-0.2, 0) is 24.2 Å². The molecule has 1 aliphatic heterocycles. The molecule has 1 amide bonds. The van der Waals surface area contributed by atoms with Crippen LogP contribution >= 0.6 is 35.3 Å². The number of benzene rings is 1. The van der Waals surface area contributed by atoms with Gasteiger partial charge in [-0.1, -0.05) is 18.2 Å². The van der Waals surface area contributed by atoms with Crippen molar-refractivity contribution in [3.63, 3.8) is 0 Å². The van der Waals surface area contributed by atoms with Gasteiger partial charge in [0, 0.05) is 37.5 Å². The van der Waals surface area contributed by atoms with Crippen molar-refractivity contribution in [2.45, 2.75) is 32.7 Å². The average Bonchev–Trinajstić information content (AvgIpc) is 3.17. The van der Waals surface area contributed by atoms with E-state index in [1.165, 1.54) is 16.5 Å². The smallest absolute Gasteiger partial charge is 0.224 e. The maximum absolute atomic E-state index is 13.7. The molecule has 158 valence electrons. The predicted molar refractivity (Wildman–Crippen MR) is 128 cm³/mol. The summed E-state index contributed by atoms with van der Waals surface area (Å²) in [6, 6.07) is 8.90. The van der Waals surface area contributed by atoms with Gasteiger partial charge in [-0.05, 0) is 48.4 Å². The molecular weight excluding hydrogens is 502 g/mol. The molecule has 5 nitrogen and oxygen atoms in total. The van der Waals surface area contributed by atoms with Crippen LogP contribution in [0.2, 0.25) is 0 Å². The van der Waals surface area contributed by atoms with E-state index in [2.05, 4.69) is 27.1 Å². The number of nitrogens with zero attached hydrogens (tertiary/aromatic N) is 2. The van der Waals surface area contributed by atoms with E-state index in [1.807, 2.05) is 17.9 Å². The van der Waals surface area contributed by atoms with Crippen molar-refractivity contribution in [2.75, 3.05) is 26.2 Å². The second-order valence-corrected chi connectivity index (χ2v) is 7.71. The van der Waals surface area contributed by atoms with Crippen LogP contribution < -0.4 is 10.6 Å². The number of fused-ring (bicyclic) bond motifs is 1. The number of nitrogens with one attached hydrogen (secondary N) is 2.